The van der Waals surface area contributed by atoms with Crippen LogP contribution < -0.4 is 4.74 Å². The summed E-state index contributed by atoms with van der Waals surface area (Å²) in [6.45, 7) is 5.18. The van der Waals surface area contributed by atoms with E-state index in [4.69, 9.17) is 4.74 Å². The Hall–Kier alpha value is -0.980. The van der Waals surface area contributed by atoms with E-state index in [0.29, 0.717) is 0 Å². The Kier molecular flexibility index (Phi) is 11.0. The maximum atomic E-state index is 5.76. The molecule has 0 atom stereocenters. The molecule has 0 saturated carbocycles. The number of rotatable bonds is 13. The quantitative estimate of drug-likeness (QED) is 0.374. The highest BCUT2D eigenvalue weighted by molar-refractivity contribution is 5.30. The third-order valence-corrected chi connectivity index (χ3v) is 3.98. The molecule has 0 heterocycles. The van der Waals surface area contributed by atoms with Gasteiger partial charge in [-0.1, -0.05) is 83.8 Å². The van der Waals surface area contributed by atoms with E-state index >= 15 is 0 Å². The molecule has 1 aromatic carbocycles. The van der Waals surface area contributed by atoms with Crippen LogP contribution in [0.4, 0.5) is 0 Å². The molecular weight excluding hydrogens is 256 g/mol. The molecule has 0 spiro atoms. The van der Waals surface area contributed by atoms with Gasteiger partial charge in [0, 0.05) is 0 Å². The normalized spacial score (nSPS) is 10.8. The van der Waals surface area contributed by atoms with Crippen molar-refractivity contribution in [3.05, 3.63) is 36.2 Å². The lowest BCUT2D eigenvalue weighted by molar-refractivity contribution is 0.304. The van der Waals surface area contributed by atoms with Crippen molar-refractivity contribution in [1.82, 2.24) is 0 Å². The summed E-state index contributed by atoms with van der Waals surface area (Å²) >= 11 is 0. The van der Waals surface area contributed by atoms with Crippen molar-refractivity contribution in [3.63, 3.8) is 0 Å². The van der Waals surface area contributed by atoms with Crippen LogP contribution in [0, 0.1) is 6.42 Å². The molecule has 0 unspecified atom stereocenters. The molecule has 21 heavy (non-hydrogen) atoms. The molecule has 1 aromatic rings. The summed E-state index contributed by atoms with van der Waals surface area (Å²) in [7, 11) is 0. The lowest BCUT2D eigenvalue weighted by Gasteiger charge is -2.07. The third-order valence-electron chi connectivity index (χ3n) is 3.98. The minimum absolute atomic E-state index is 0.853. The van der Waals surface area contributed by atoms with E-state index < -0.39 is 0 Å². The maximum Gasteiger partial charge on any atom is 0.119 e. The second kappa shape index (κ2) is 12.7. The number of benzene rings is 1. The van der Waals surface area contributed by atoms with Crippen molar-refractivity contribution in [2.75, 3.05) is 6.61 Å². The monoisotopic (exact) mass is 289 g/mol. The van der Waals surface area contributed by atoms with Crippen LogP contribution in [0.2, 0.25) is 0 Å². The molecule has 0 aromatic heterocycles. The molecule has 119 valence electrons. The van der Waals surface area contributed by atoms with Crippen LogP contribution in [0.3, 0.4) is 0 Å². The zero-order chi connectivity index (χ0) is 15.2. The van der Waals surface area contributed by atoms with Gasteiger partial charge in [-0.3, -0.25) is 0 Å². The highest BCUT2D eigenvalue weighted by Gasteiger charge is 1.96. The van der Waals surface area contributed by atoms with Crippen LogP contribution in [0.5, 0.6) is 5.75 Å². The van der Waals surface area contributed by atoms with E-state index in [2.05, 4.69) is 44.5 Å². The smallest absolute Gasteiger partial charge is 0.119 e. The summed E-state index contributed by atoms with van der Waals surface area (Å²) in [6, 6.07) is 8.33. The summed E-state index contributed by atoms with van der Waals surface area (Å²) in [6.07, 6.45) is 15.8. The molecule has 0 N–H and O–H groups in total. The summed E-state index contributed by atoms with van der Waals surface area (Å²) in [4.78, 5) is 0. The topological polar surface area (TPSA) is 9.23 Å². The van der Waals surface area contributed by atoms with Gasteiger partial charge < -0.3 is 4.74 Å². The fourth-order valence-corrected chi connectivity index (χ4v) is 2.54. The standard InChI is InChI=1S/C20H33O/c1-3-5-6-7-8-9-10-11-12-13-18-21-20-16-14-19(4-2)15-17-20/h4,14-17H,3,5-13,18H2,1-2H3. The molecule has 1 heteroatoms. The minimum Gasteiger partial charge on any atom is -0.494 e. The SMILES string of the molecule is C[CH]c1ccc(OCCCCCCCCCCCC)cc1. The molecule has 0 bridgehead atoms. The first-order chi connectivity index (χ1) is 10.4. The van der Waals surface area contributed by atoms with Crippen LogP contribution in [0.1, 0.15) is 83.6 Å². The first-order valence-electron chi connectivity index (χ1n) is 8.89. The highest BCUT2D eigenvalue weighted by Crippen LogP contribution is 2.14. The Morgan fingerprint density at radius 2 is 1.29 bits per heavy atom. The number of hydrogen-bond donors (Lipinski definition) is 0. The van der Waals surface area contributed by atoms with Gasteiger partial charge in [-0.15, -0.1) is 0 Å². The summed E-state index contributed by atoms with van der Waals surface area (Å²) in [5.74, 6) is 0.997. The van der Waals surface area contributed by atoms with Gasteiger partial charge >= 0.3 is 0 Å². The molecule has 0 saturated heterocycles. The largest absolute Gasteiger partial charge is 0.494 e. The molecule has 0 fully saturated rings. The van der Waals surface area contributed by atoms with Crippen LogP contribution in [-0.4, -0.2) is 6.61 Å². The number of unbranched alkanes of at least 4 members (excludes halogenated alkanes) is 9. The average Bonchev–Trinajstić information content (AvgIpc) is 2.53. The van der Waals surface area contributed by atoms with E-state index in [1.165, 1.54) is 69.8 Å². The molecule has 1 rings (SSSR count). The van der Waals surface area contributed by atoms with E-state index in [0.717, 1.165) is 12.4 Å². The Bertz CT molecular complexity index is 328. The Balaban J connectivity index is 1.88. The van der Waals surface area contributed by atoms with Gasteiger partial charge in [0.1, 0.15) is 5.75 Å². The molecule has 1 radical (unpaired) electrons. The predicted molar refractivity (Wildman–Crippen MR) is 92.9 cm³/mol. The summed E-state index contributed by atoms with van der Waals surface area (Å²) < 4.78 is 5.76. The van der Waals surface area contributed by atoms with Crippen molar-refractivity contribution < 1.29 is 4.74 Å². The first-order valence-corrected chi connectivity index (χ1v) is 8.89. The zero-order valence-electron chi connectivity index (χ0n) is 14.1. The minimum atomic E-state index is 0.853. The zero-order valence-corrected chi connectivity index (χ0v) is 14.1. The van der Waals surface area contributed by atoms with Gasteiger partial charge in [0.15, 0.2) is 0 Å². The van der Waals surface area contributed by atoms with Crippen LogP contribution >= 0.6 is 0 Å². The molecule has 1 nitrogen and oxygen atoms in total. The fourth-order valence-electron chi connectivity index (χ4n) is 2.54. The maximum absolute atomic E-state index is 5.76. The second-order valence-corrected chi connectivity index (χ2v) is 5.89. The molecule has 0 aliphatic heterocycles. The lowest BCUT2D eigenvalue weighted by atomic mass is 10.1. The van der Waals surface area contributed by atoms with E-state index in [1.54, 1.807) is 0 Å². The lowest BCUT2D eigenvalue weighted by Crippen LogP contribution is -1.97. The van der Waals surface area contributed by atoms with Crippen molar-refractivity contribution in [3.8, 4) is 5.75 Å². The molecule has 0 aliphatic carbocycles. The van der Waals surface area contributed by atoms with Gasteiger partial charge in [-0.25, -0.2) is 0 Å². The Labute approximate surface area is 132 Å². The van der Waals surface area contributed by atoms with Crippen LogP contribution in [0.15, 0.2) is 24.3 Å². The first kappa shape index (κ1) is 18.1. The van der Waals surface area contributed by atoms with Gasteiger partial charge in [0.2, 0.25) is 0 Å². The fraction of sp³-hybridized carbons (Fsp3) is 0.650. The van der Waals surface area contributed by atoms with Crippen molar-refractivity contribution in [1.29, 1.82) is 0 Å². The van der Waals surface area contributed by atoms with Crippen LogP contribution in [0.25, 0.3) is 0 Å². The van der Waals surface area contributed by atoms with Crippen LogP contribution in [-0.2, 0) is 0 Å². The predicted octanol–water partition coefficient (Wildman–Crippen LogP) is 6.56. The third kappa shape index (κ3) is 9.55. The van der Waals surface area contributed by atoms with Gasteiger partial charge in [0.25, 0.3) is 0 Å². The summed E-state index contributed by atoms with van der Waals surface area (Å²) in [5.41, 5.74) is 1.25. The van der Waals surface area contributed by atoms with E-state index in [1.807, 2.05) is 0 Å². The van der Waals surface area contributed by atoms with Crippen molar-refractivity contribution in [2.45, 2.75) is 78.1 Å². The Morgan fingerprint density at radius 1 is 0.762 bits per heavy atom. The second-order valence-electron chi connectivity index (χ2n) is 5.89. The Morgan fingerprint density at radius 3 is 1.81 bits per heavy atom. The summed E-state index contributed by atoms with van der Waals surface area (Å²) in [5, 5.41) is 0. The molecule has 0 aliphatic rings. The van der Waals surface area contributed by atoms with E-state index in [-0.39, 0.29) is 0 Å². The number of hydrogen-bond acceptors (Lipinski definition) is 1. The average molecular weight is 289 g/mol. The highest BCUT2D eigenvalue weighted by atomic mass is 16.5. The van der Waals surface area contributed by atoms with Crippen molar-refractivity contribution in [2.24, 2.45) is 0 Å². The number of ether oxygens (including phenoxy) is 1. The van der Waals surface area contributed by atoms with E-state index in [9.17, 15) is 0 Å². The molecular formula is C20H33O. The molecule has 0 amide bonds. The van der Waals surface area contributed by atoms with Gasteiger partial charge in [0.05, 0.1) is 6.61 Å². The van der Waals surface area contributed by atoms with Gasteiger partial charge in [-0.2, -0.15) is 0 Å². The van der Waals surface area contributed by atoms with Gasteiger partial charge in [-0.05, 0) is 30.5 Å². The van der Waals surface area contributed by atoms with Crippen molar-refractivity contribution >= 4 is 0 Å².